The molecule has 1 aromatic heterocycles. The zero-order chi connectivity index (χ0) is 10.6. The molecule has 0 aliphatic heterocycles. The fraction of sp³-hybridized carbons (Fsp3) is 0.300. The predicted octanol–water partition coefficient (Wildman–Crippen LogP) is 1.29. The Bertz CT molecular complexity index is 350. The van der Waals surface area contributed by atoms with Gasteiger partial charge in [0, 0.05) is 12.6 Å². The third-order valence-electron chi connectivity index (χ3n) is 1.82. The Hall–Kier alpha value is -1.71. The van der Waals surface area contributed by atoms with Crippen molar-refractivity contribution in [2.24, 2.45) is 0 Å². The van der Waals surface area contributed by atoms with Crippen LogP contribution in [0.1, 0.15) is 18.9 Å². The molecular weight excluding hydrogens is 180 g/mol. The summed E-state index contributed by atoms with van der Waals surface area (Å²) in [6.45, 7) is 3.58. The number of anilines is 1. The van der Waals surface area contributed by atoms with Gasteiger partial charge in [0.15, 0.2) is 0 Å². The van der Waals surface area contributed by atoms with Crippen molar-refractivity contribution in [3.05, 3.63) is 23.9 Å². The second-order valence-electron chi connectivity index (χ2n) is 2.91. The van der Waals surface area contributed by atoms with Crippen molar-refractivity contribution < 1.29 is 9.59 Å². The van der Waals surface area contributed by atoms with Gasteiger partial charge in [-0.05, 0) is 24.6 Å². The van der Waals surface area contributed by atoms with Crippen LogP contribution in [0.4, 0.5) is 5.82 Å². The molecule has 0 saturated heterocycles. The maximum atomic E-state index is 11.3. The van der Waals surface area contributed by atoms with Gasteiger partial charge in [-0.1, -0.05) is 6.92 Å². The van der Waals surface area contributed by atoms with Crippen molar-refractivity contribution >= 4 is 18.1 Å². The molecule has 4 nitrogen and oxygen atoms in total. The summed E-state index contributed by atoms with van der Waals surface area (Å²) in [7, 11) is 0. The third-order valence-corrected chi connectivity index (χ3v) is 1.82. The van der Waals surface area contributed by atoms with E-state index in [0.717, 1.165) is 10.5 Å². The standard InChI is InChI=1S/C10H12N2O2/c1-3-10(14)12(7-13)9-6-8(2)4-5-11-9/h4-7H,3H2,1-2H3. The zero-order valence-electron chi connectivity index (χ0n) is 8.23. The van der Waals surface area contributed by atoms with E-state index in [4.69, 9.17) is 0 Å². The number of pyridine rings is 1. The number of rotatable bonds is 3. The molecule has 1 rings (SSSR count). The molecule has 0 fully saturated rings. The van der Waals surface area contributed by atoms with Gasteiger partial charge < -0.3 is 0 Å². The summed E-state index contributed by atoms with van der Waals surface area (Å²) in [5.74, 6) is 0.130. The maximum Gasteiger partial charge on any atom is 0.234 e. The van der Waals surface area contributed by atoms with Gasteiger partial charge in [0.05, 0.1) is 0 Å². The van der Waals surface area contributed by atoms with Crippen LogP contribution in [0.2, 0.25) is 0 Å². The molecule has 2 amide bonds. The smallest absolute Gasteiger partial charge is 0.234 e. The van der Waals surface area contributed by atoms with Crippen LogP contribution in [0.25, 0.3) is 0 Å². The summed E-state index contributed by atoms with van der Waals surface area (Å²) >= 11 is 0. The Morgan fingerprint density at radius 1 is 1.64 bits per heavy atom. The Balaban J connectivity index is 3.00. The van der Waals surface area contributed by atoms with Gasteiger partial charge in [0.2, 0.25) is 12.3 Å². The first-order chi connectivity index (χ1) is 6.69. The fourth-order valence-corrected chi connectivity index (χ4v) is 1.06. The molecule has 0 radical (unpaired) electrons. The second-order valence-corrected chi connectivity index (χ2v) is 2.91. The minimum Gasteiger partial charge on any atom is -0.278 e. The van der Waals surface area contributed by atoms with Crippen LogP contribution in [0.15, 0.2) is 18.3 Å². The largest absolute Gasteiger partial charge is 0.278 e. The van der Waals surface area contributed by atoms with E-state index in [1.54, 1.807) is 19.2 Å². The average Bonchev–Trinajstić information content (AvgIpc) is 2.19. The van der Waals surface area contributed by atoms with Crippen LogP contribution < -0.4 is 4.90 Å². The van der Waals surface area contributed by atoms with Gasteiger partial charge in [-0.2, -0.15) is 0 Å². The highest BCUT2D eigenvalue weighted by molar-refractivity contribution is 6.05. The molecule has 74 valence electrons. The van der Waals surface area contributed by atoms with Gasteiger partial charge in [0.25, 0.3) is 0 Å². The number of carbonyl (C=O) groups excluding carboxylic acids is 2. The van der Waals surface area contributed by atoms with Crippen LogP contribution in [0.5, 0.6) is 0 Å². The number of aromatic nitrogens is 1. The van der Waals surface area contributed by atoms with Gasteiger partial charge in [-0.15, -0.1) is 0 Å². The molecule has 0 unspecified atom stereocenters. The molecule has 1 heterocycles. The Morgan fingerprint density at radius 3 is 2.86 bits per heavy atom. The number of aryl methyl sites for hydroxylation is 1. The molecular formula is C10H12N2O2. The van der Waals surface area contributed by atoms with Crippen LogP contribution in [0, 0.1) is 6.92 Å². The van der Waals surface area contributed by atoms with Gasteiger partial charge in [-0.25, -0.2) is 9.88 Å². The first-order valence-corrected chi connectivity index (χ1v) is 4.39. The third kappa shape index (κ3) is 2.16. The molecule has 4 heteroatoms. The molecule has 14 heavy (non-hydrogen) atoms. The van der Waals surface area contributed by atoms with Crippen molar-refractivity contribution in [2.45, 2.75) is 20.3 Å². The lowest BCUT2D eigenvalue weighted by Crippen LogP contribution is -2.29. The lowest BCUT2D eigenvalue weighted by Gasteiger charge is -2.13. The maximum absolute atomic E-state index is 11.3. The average molecular weight is 192 g/mol. The molecule has 1 aromatic rings. The molecule has 0 saturated carbocycles. The number of hydrogen-bond acceptors (Lipinski definition) is 3. The highest BCUT2D eigenvalue weighted by Gasteiger charge is 2.13. The van der Waals surface area contributed by atoms with E-state index in [-0.39, 0.29) is 12.3 Å². The van der Waals surface area contributed by atoms with E-state index in [1.165, 1.54) is 0 Å². The zero-order valence-corrected chi connectivity index (χ0v) is 8.23. The Kier molecular flexibility index (Phi) is 3.34. The second kappa shape index (κ2) is 4.50. The minimum absolute atomic E-state index is 0.252. The summed E-state index contributed by atoms with van der Waals surface area (Å²) in [5.41, 5.74) is 0.964. The van der Waals surface area contributed by atoms with Crippen molar-refractivity contribution in [1.82, 2.24) is 4.98 Å². The van der Waals surface area contributed by atoms with Crippen molar-refractivity contribution in [3.8, 4) is 0 Å². The Morgan fingerprint density at radius 2 is 2.36 bits per heavy atom. The van der Waals surface area contributed by atoms with E-state index in [1.807, 2.05) is 13.0 Å². The van der Waals surface area contributed by atoms with Crippen LogP contribution in [0.3, 0.4) is 0 Å². The first kappa shape index (κ1) is 10.4. The topological polar surface area (TPSA) is 50.3 Å². The summed E-state index contributed by atoms with van der Waals surface area (Å²) < 4.78 is 0. The molecule has 0 bridgehead atoms. The van der Waals surface area contributed by atoms with Crippen molar-refractivity contribution in [2.75, 3.05) is 4.90 Å². The first-order valence-electron chi connectivity index (χ1n) is 4.39. The van der Waals surface area contributed by atoms with Gasteiger partial charge >= 0.3 is 0 Å². The van der Waals surface area contributed by atoms with Gasteiger partial charge in [-0.3, -0.25) is 9.59 Å². The summed E-state index contributed by atoms with van der Waals surface area (Å²) in [5, 5.41) is 0. The van der Waals surface area contributed by atoms with Crippen LogP contribution in [-0.2, 0) is 9.59 Å². The molecule has 0 atom stereocenters. The molecule has 0 spiro atoms. The fourth-order valence-electron chi connectivity index (χ4n) is 1.06. The molecule has 0 aliphatic carbocycles. The normalized spacial score (nSPS) is 9.57. The van der Waals surface area contributed by atoms with Crippen molar-refractivity contribution in [3.63, 3.8) is 0 Å². The SMILES string of the molecule is CCC(=O)N(C=O)c1cc(C)ccn1. The van der Waals surface area contributed by atoms with E-state index >= 15 is 0 Å². The monoisotopic (exact) mass is 192 g/mol. The lowest BCUT2D eigenvalue weighted by atomic mass is 10.3. The highest BCUT2D eigenvalue weighted by atomic mass is 16.2. The van der Waals surface area contributed by atoms with Gasteiger partial charge in [0.1, 0.15) is 5.82 Å². The summed E-state index contributed by atoms with van der Waals surface area (Å²) in [6.07, 6.45) is 2.35. The highest BCUT2D eigenvalue weighted by Crippen LogP contribution is 2.11. The predicted molar refractivity (Wildman–Crippen MR) is 52.8 cm³/mol. The lowest BCUT2D eigenvalue weighted by molar-refractivity contribution is -0.121. The molecule has 0 aliphatic rings. The number of hydrogen-bond donors (Lipinski definition) is 0. The molecule has 0 N–H and O–H groups in total. The van der Waals surface area contributed by atoms with Crippen LogP contribution >= 0.6 is 0 Å². The minimum atomic E-state index is -0.252. The van der Waals surface area contributed by atoms with E-state index in [9.17, 15) is 9.59 Å². The number of nitrogens with zero attached hydrogens (tertiary/aromatic N) is 2. The summed E-state index contributed by atoms with van der Waals surface area (Å²) in [4.78, 5) is 27.0. The van der Waals surface area contributed by atoms with E-state index in [2.05, 4.69) is 4.98 Å². The Labute approximate surface area is 82.6 Å². The van der Waals surface area contributed by atoms with Crippen LogP contribution in [-0.4, -0.2) is 17.3 Å². The summed E-state index contributed by atoms with van der Waals surface area (Å²) in [6, 6.07) is 3.50. The van der Waals surface area contributed by atoms with Crippen molar-refractivity contribution in [1.29, 1.82) is 0 Å². The van der Waals surface area contributed by atoms with E-state index < -0.39 is 0 Å². The molecule has 0 aromatic carbocycles. The number of imide groups is 1. The number of carbonyl (C=O) groups is 2. The quantitative estimate of drug-likeness (QED) is 0.678. The number of amides is 2. The van der Waals surface area contributed by atoms with E-state index in [0.29, 0.717) is 12.2 Å².